The van der Waals surface area contributed by atoms with Gasteiger partial charge in [0.1, 0.15) is 0 Å². The molecule has 3 nitrogen and oxygen atoms in total. The predicted molar refractivity (Wildman–Crippen MR) is 62.1 cm³/mol. The van der Waals surface area contributed by atoms with E-state index in [2.05, 4.69) is 0 Å². The molecular weight excluding hydrogens is 211 g/mol. The molecule has 0 radical (unpaired) electrons. The Bertz CT molecular complexity index is 279. The smallest absolute Gasteiger partial charge is 0.305 e. The van der Waals surface area contributed by atoms with Crippen LogP contribution in [0.4, 0.5) is 0 Å². The summed E-state index contributed by atoms with van der Waals surface area (Å²) in [5.74, 6) is 0. The zero-order valence-electron chi connectivity index (χ0n) is 9.71. The van der Waals surface area contributed by atoms with Crippen molar-refractivity contribution in [2.24, 2.45) is 0 Å². The lowest BCUT2D eigenvalue weighted by Gasteiger charge is -2.25. The molecule has 0 unspecified atom stereocenters. The molecule has 0 spiro atoms. The normalized spacial score (nSPS) is 17.2. The van der Waals surface area contributed by atoms with E-state index in [1.165, 1.54) is 0 Å². The zero-order chi connectivity index (χ0) is 11.5. The lowest BCUT2D eigenvalue weighted by atomic mass is 10.5. The summed E-state index contributed by atoms with van der Waals surface area (Å²) in [5, 5.41) is 0. The highest BCUT2D eigenvalue weighted by atomic mass is 31.2. The van der Waals surface area contributed by atoms with Crippen LogP contribution in [0, 0.1) is 0 Å². The van der Waals surface area contributed by atoms with Gasteiger partial charge in [-0.15, -0.1) is 0 Å². The second kappa shape index (κ2) is 5.11. The third-order valence-electron chi connectivity index (χ3n) is 1.81. The Morgan fingerprint density at radius 2 is 1.40 bits per heavy atom. The molecular formula is C11H19O3P. The van der Waals surface area contributed by atoms with Crippen LogP contribution in [0.3, 0.4) is 0 Å². The van der Waals surface area contributed by atoms with Gasteiger partial charge in [0.2, 0.25) is 0 Å². The molecule has 1 aliphatic carbocycles. The fourth-order valence-electron chi connectivity index (χ4n) is 1.38. The molecule has 0 amide bonds. The first-order valence-electron chi connectivity index (χ1n) is 5.25. The van der Waals surface area contributed by atoms with Crippen molar-refractivity contribution in [1.82, 2.24) is 0 Å². The Labute approximate surface area is 91.7 Å². The Morgan fingerprint density at radius 3 is 1.73 bits per heavy atom. The number of allylic oxidation sites excluding steroid dienone is 4. The van der Waals surface area contributed by atoms with Crippen molar-refractivity contribution in [3.05, 3.63) is 24.3 Å². The van der Waals surface area contributed by atoms with E-state index < -0.39 is 7.60 Å². The zero-order valence-corrected chi connectivity index (χ0v) is 10.6. The van der Waals surface area contributed by atoms with Crippen LogP contribution in [0.2, 0.25) is 0 Å². The Morgan fingerprint density at radius 1 is 1.00 bits per heavy atom. The fraction of sp³-hybridized carbons (Fsp3) is 0.636. The second-order valence-corrected chi connectivity index (χ2v) is 6.21. The molecule has 1 aliphatic rings. The van der Waals surface area contributed by atoms with Gasteiger partial charge in [0.15, 0.2) is 0 Å². The van der Waals surface area contributed by atoms with E-state index in [1.807, 2.05) is 52.0 Å². The number of hydrogen-bond acceptors (Lipinski definition) is 3. The first kappa shape index (κ1) is 12.7. The average molecular weight is 230 g/mol. The van der Waals surface area contributed by atoms with Crippen LogP contribution in [0.1, 0.15) is 27.7 Å². The standard InChI is InChI=1S/C11H19O3P/c1-9(2)13-15(12,14-10(3)4)11-7-5-6-8-11/h5-11H,1-4H3. The third kappa shape index (κ3) is 3.60. The molecule has 0 aliphatic heterocycles. The fourth-order valence-corrected chi connectivity index (χ4v) is 3.51. The van der Waals surface area contributed by atoms with Gasteiger partial charge in [0.25, 0.3) is 0 Å². The lowest BCUT2D eigenvalue weighted by Crippen LogP contribution is -2.14. The van der Waals surface area contributed by atoms with Crippen molar-refractivity contribution < 1.29 is 13.6 Å². The van der Waals surface area contributed by atoms with Crippen molar-refractivity contribution >= 4 is 7.60 Å². The van der Waals surface area contributed by atoms with Gasteiger partial charge in [-0.1, -0.05) is 24.3 Å². The summed E-state index contributed by atoms with van der Waals surface area (Å²) in [6.07, 6.45) is 7.24. The quantitative estimate of drug-likeness (QED) is 0.678. The molecule has 0 saturated carbocycles. The summed E-state index contributed by atoms with van der Waals surface area (Å²) in [7, 11) is -3.05. The Hall–Kier alpha value is -0.370. The van der Waals surface area contributed by atoms with Crippen molar-refractivity contribution in [2.45, 2.75) is 45.6 Å². The predicted octanol–water partition coefficient (Wildman–Crippen LogP) is 3.52. The Kier molecular flexibility index (Phi) is 4.32. The van der Waals surface area contributed by atoms with Crippen LogP contribution in [0.5, 0.6) is 0 Å². The highest BCUT2D eigenvalue weighted by Crippen LogP contribution is 2.56. The van der Waals surface area contributed by atoms with Crippen LogP contribution in [0.25, 0.3) is 0 Å². The number of hydrogen-bond donors (Lipinski definition) is 0. The third-order valence-corrected chi connectivity index (χ3v) is 4.31. The van der Waals surface area contributed by atoms with Crippen molar-refractivity contribution in [3.8, 4) is 0 Å². The largest absolute Gasteiger partial charge is 0.341 e. The summed E-state index contributed by atoms with van der Waals surface area (Å²) >= 11 is 0. The van der Waals surface area contributed by atoms with E-state index in [1.54, 1.807) is 0 Å². The van der Waals surface area contributed by atoms with Gasteiger partial charge in [0, 0.05) is 0 Å². The minimum atomic E-state index is -3.05. The van der Waals surface area contributed by atoms with Crippen molar-refractivity contribution in [2.75, 3.05) is 0 Å². The topological polar surface area (TPSA) is 35.5 Å². The van der Waals surface area contributed by atoms with Crippen molar-refractivity contribution in [3.63, 3.8) is 0 Å². The monoisotopic (exact) mass is 230 g/mol. The molecule has 0 N–H and O–H groups in total. The first-order chi connectivity index (χ1) is 6.94. The van der Waals surface area contributed by atoms with Crippen LogP contribution < -0.4 is 0 Å². The summed E-state index contributed by atoms with van der Waals surface area (Å²) in [6, 6.07) is 0. The SMILES string of the molecule is CC(C)OP(=O)(OC(C)C)C1C=CC=C1. The highest BCUT2D eigenvalue weighted by Gasteiger charge is 2.35. The molecule has 0 fully saturated rings. The van der Waals surface area contributed by atoms with Crippen LogP contribution in [-0.2, 0) is 13.6 Å². The molecule has 0 aromatic carbocycles. The molecule has 86 valence electrons. The molecule has 15 heavy (non-hydrogen) atoms. The van der Waals surface area contributed by atoms with Gasteiger partial charge in [-0.25, -0.2) is 0 Å². The van der Waals surface area contributed by atoms with Gasteiger partial charge in [-0.3, -0.25) is 4.57 Å². The lowest BCUT2D eigenvalue weighted by molar-refractivity contribution is 0.141. The summed E-state index contributed by atoms with van der Waals surface area (Å²) in [5.41, 5.74) is -0.234. The molecule has 1 rings (SSSR count). The van der Waals surface area contributed by atoms with Gasteiger partial charge in [-0.05, 0) is 27.7 Å². The minimum Gasteiger partial charge on any atom is -0.305 e. The van der Waals surface area contributed by atoms with Crippen molar-refractivity contribution in [1.29, 1.82) is 0 Å². The van der Waals surface area contributed by atoms with Crippen LogP contribution in [-0.4, -0.2) is 17.9 Å². The molecule has 0 bridgehead atoms. The first-order valence-corrected chi connectivity index (χ1v) is 6.87. The molecule has 0 aromatic heterocycles. The van der Waals surface area contributed by atoms with E-state index in [0.29, 0.717) is 0 Å². The molecule has 0 atom stereocenters. The maximum Gasteiger partial charge on any atom is 0.341 e. The van der Waals surface area contributed by atoms with Crippen LogP contribution in [0.15, 0.2) is 24.3 Å². The maximum atomic E-state index is 12.5. The second-order valence-electron chi connectivity index (χ2n) is 4.11. The van der Waals surface area contributed by atoms with Gasteiger partial charge < -0.3 is 9.05 Å². The number of rotatable bonds is 5. The maximum absolute atomic E-state index is 12.5. The van der Waals surface area contributed by atoms with Gasteiger partial charge in [-0.2, -0.15) is 0 Å². The molecule has 0 aromatic rings. The van der Waals surface area contributed by atoms with Crippen LogP contribution >= 0.6 is 7.60 Å². The summed E-state index contributed by atoms with van der Waals surface area (Å²) in [6.45, 7) is 7.44. The van der Waals surface area contributed by atoms with E-state index >= 15 is 0 Å². The summed E-state index contributed by atoms with van der Waals surface area (Å²) in [4.78, 5) is 0. The van der Waals surface area contributed by atoms with E-state index in [-0.39, 0.29) is 17.9 Å². The van der Waals surface area contributed by atoms with Gasteiger partial charge in [0.05, 0.1) is 17.9 Å². The minimum absolute atomic E-state index is 0.100. The summed E-state index contributed by atoms with van der Waals surface area (Å²) < 4.78 is 23.4. The molecule has 4 heteroatoms. The average Bonchev–Trinajstić information content (AvgIpc) is 2.51. The molecule has 0 heterocycles. The molecule has 0 saturated heterocycles. The van der Waals surface area contributed by atoms with Gasteiger partial charge >= 0.3 is 7.60 Å². The van der Waals surface area contributed by atoms with E-state index in [9.17, 15) is 4.57 Å². The van der Waals surface area contributed by atoms with E-state index in [4.69, 9.17) is 9.05 Å². The Balaban J connectivity index is 2.80. The highest BCUT2D eigenvalue weighted by molar-refractivity contribution is 7.55. The van der Waals surface area contributed by atoms with E-state index in [0.717, 1.165) is 0 Å².